The summed E-state index contributed by atoms with van der Waals surface area (Å²) in [7, 11) is 0. The van der Waals surface area contributed by atoms with Crippen molar-refractivity contribution in [2.45, 2.75) is 52.1 Å². The number of amides is 1. The Kier molecular flexibility index (Phi) is 4.18. The van der Waals surface area contributed by atoms with Crippen molar-refractivity contribution in [1.82, 2.24) is 14.9 Å². The average Bonchev–Trinajstić information content (AvgIpc) is 3.10. The molecule has 3 rings (SSSR count). The first-order chi connectivity index (χ1) is 11.4. The topological polar surface area (TPSA) is 87.8 Å². The molecule has 24 heavy (non-hydrogen) atoms. The Hall–Kier alpha value is -2.20. The minimum absolute atomic E-state index is 0.0380. The van der Waals surface area contributed by atoms with E-state index in [4.69, 9.17) is 0 Å². The maximum atomic E-state index is 12.7. The predicted octanol–water partition coefficient (Wildman–Crippen LogP) is 2.00. The highest BCUT2D eigenvalue weighted by atomic mass is 32.1. The Bertz CT molecular complexity index is 906. The maximum absolute atomic E-state index is 12.7. The van der Waals surface area contributed by atoms with Crippen molar-refractivity contribution in [1.29, 1.82) is 5.26 Å². The van der Waals surface area contributed by atoms with Gasteiger partial charge in [0.15, 0.2) is 0 Å². The second-order valence-corrected chi connectivity index (χ2v) is 7.82. The highest BCUT2D eigenvalue weighted by molar-refractivity contribution is 7.18. The molecule has 1 amide bonds. The number of aryl methyl sites for hydroxylation is 2. The number of nitrogens with one attached hydrogen (secondary N) is 1. The van der Waals surface area contributed by atoms with Crippen molar-refractivity contribution >= 4 is 27.5 Å². The number of thiophene rings is 1. The second-order valence-electron chi connectivity index (χ2n) is 6.73. The quantitative estimate of drug-likeness (QED) is 0.919. The fourth-order valence-corrected chi connectivity index (χ4v) is 4.14. The third kappa shape index (κ3) is 2.71. The van der Waals surface area contributed by atoms with Gasteiger partial charge in [-0.05, 0) is 37.7 Å². The molecule has 0 saturated carbocycles. The van der Waals surface area contributed by atoms with Gasteiger partial charge in [0, 0.05) is 4.88 Å². The standard InChI is InChI=1S/C17H20N4O2S/c1-10(2)17(3,8-18)20-13(22)7-21-9-19-15-14(16(21)23)11-5-4-6-12(11)24-15/h9-10H,4-7H2,1-3H3,(H,20,22)/t17-/m0/s1. The van der Waals surface area contributed by atoms with Crippen LogP contribution in [0.4, 0.5) is 0 Å². The van der Waals surface area contributed by atoms with Gasteiger partial charge in [0.25, 0.3) is 5.56 Å². The monoisotopic (exact) mass is 344 g/mol. The number of nitriles is 1. The van der Waals surface area contributed by atoms with E-state index in [1.54, 1.807) is 18.3 Å². The Morgan fingerprint density at radius 1 is 1.54 bits per heavy atom. The van der Waals surface area contributed by atoms with Gasteiger partial charge in [-0.25, -0.2) is 4.98 Å². The summed E-state index contributed by atoms with van der Waals surface area (Å²) in [5.74, 6) is -0.396. The lowest BCUT2D eigenvalue weighted by Gasteiger charge is -2.27. The summed E-state index contributed by atoms with van der Waals surface area (Å²) in [6.45, 7) is 5.30. The van der Waals surface area contributed by atoms with Crippen molar-refractivity contribution in [2.75, 3.05) is 0 Å². The molecule has 7 heteroatoms. The number of carbonyl (C=O) groups excluding carboxylic acids is 1. The van der Waals surface area contributed by atoms with Crippen molar-refractivity contribution < 1.29 is 4.79 Å². The van der Waals surface area contributed by atoms with Crippen LogP contribution in [-0.4, -0.2) is 21.0 Å². The average molecular weight is 344 g/mol. The molecular formula is C17H20N4O2S. The van der Waals surface area contributed by atoms with E-state index in [0.717, 1.165) is 29.7 Å². The predicted molar refractivity (Wildman–Crippen MR) is 92.9 cm³/mol. The van der Waals surface area contributed by atoms with Gasteiger partial charge in [-0.3, -0.25) is 14.2 Å². The van der Waals surface area contributed by atoms with Crippen LogP contribution < -0.4 is 10.9 Å². The zero-order valence-corrected chi connectivity index (χ0v) is 14.9. The number of carbonyl (C=O) groups is 1. The molecule has 1 atom stereocenters. The van der Waals surface area contributed by atoms with Crippen LogP contribution in [0.5, 0.6) is 0 Å². The van der Waals surface area contributed by atoms with Crippen LogP contribution in [0.15, 0.2) is 11.1 Å². The Labute approximate surface area is 144 Å². The summed E-state index contributed by atoms with van der Waals surface area (Å²) in [5, 5.41) is 12.7. The van der Waals surface area contributed by atoms with E-state index < -0.39 is 5.54 Å². The summed E-state index contributed by atoms with van der Waals surface area (Å²) in [6.07, 6.45) is 4.41. The Morgan fingerprint density at radius 2 is 2.29 bits per heavy atom. The molecule has 1 N–H and O–H groups in total. The number of hydrogen-bond donors (Lipinski definition) is 1. The second kappa shape index (κ2) is 6.02. The van der Waals surface area contributed by atoms with Gasteiger partial charge < -0.3 is 5.32 Å². The smallest absolute Gasteiger partial charge is 0.262 e. The lowest BCUT2D eigenvalue weighted by atomic mass is 9.90. The van der Waals surface area contributed by atoms with E-state index in [-0.39, 0.29) is 23.9 Å². The van der Waals surface area contributed by atoms with Gasteiger partial charge in [0.1, 0.15) is 16.9 Å². The number of aromatic nitrogens is 2. The molecule has 0 spiro atoms. The largest absolute Gasteiger partial charge is 0.336 e. The molecule has 0 fully saturated rings. The van der Waals surface area contributed by atoms with Gasteiger partial charge >= 0.3 is 0 Å². The highest BCUT2D eigenvalue weighted by Crippen LogP contribution is 2.34. The molecule has 0 radical (unpaired) electrons. The molecule has 0 aliphatic heterocycles. The summed E-state index contributed by atoms with van der Waals surface area (Å²) in [4.78, 5) is 31.4. The van der Waals surface area contributed by atoms with Crippen LogP contribution >= 0.6 is 11.3 Å². The van der Waals surface area contributed by atoms with E-state index in [1.165, 1.54) is 15.8 Å². The fourth-order valence-electron chi connectivity index (χ4n) is 2.92. The molecular weight excluding hydrogens is 324 g/mol. The molecule has 0 aromatic carbocycles. The van der Waals surface area contributed by atoms with Crippen LogP contribution in [-0.2, 0) is 24.2 Å². The first-order valence-electron chi connectivity index (χ1n) is 8.07. The lowest BCUT2D eigenvalue weighted by Crippen LogP contribution is -2.50. The van der Waals surface area contributed by atoms with E-state index in [2.05, 4.69) is 16.4 Å². The summed E-state index contributed by atoms with van der Waals surface area (Å²) >= 11 is 1.58. The minimum atomic E-state index is -0.956. The normalized spacial score (nSPS) is 16.0. The molecule has 0 saturated heterocycles. The fraction of sp³-hybridized carbons (Fsp3) is 0.529. The third-order valence-corrected chi connectivity index (χ3v) is 5.99. The van der Waals surface area contributed by atoms with E-state index in [9.17, 15) is 14.9 Å². The van der Waals surface area contributed by atoms with Crippen molar-refractivity contribution in [3.8, 4) is 6.07 Å². The van der Waals surface area contributed by atoms with E-state index in [0.29, 0.717) is 5.39 Å². The molecule has 126 valence electrons. The van der Waals surface area contributed by atoms with Gasteiger partial charge in [-0.15, -0.1) is 11.3 Å². The van der Waals surface area contributed by atoms with Crippen molar-refractivity contribution in [2.24, 2.45) is 5.92 Å². The van der Waals surface area contributed by atoms with E-state index >= 15 is 0 Å². The molecule has 1 aliphatic carbocycles. The van der Waals surface area contributed by atoms with Crippen LogP contribution in [0.3, 0.4) is 0 Å². The molecule has 1 aliphatic rings. The summed E-state index contributed by atoms with van der Waals surface area (Å²) in [5.41, 5.74) is -0.0222. The molecule has 6 nitrogen and oxygen atoms in total. The first-order valence-corrected chi connectivity index (χ1v) is 8.89. The highest BCUT2D eigenvalue weighted by Gasteiger charge is 2.30. The van der Waals surface area contributed by atoms with Gasteiger partial charge in [0.05, 0.1) is 17.8 Å². The summed E-state index contributed by atoms with van der Waals surface area (Å²) < 4.78 is 1.33. The SMILES string of the molecule is CC(C)[C@](C)(C#N)NC(=O)Cn1cnc2sc3c(c2c1=O)CCC3. The van der Waals surface area contributed by atoms with Crippen LogP contribution in [0, 0.1) is 17.2 Å². The Balaban J connectivity index is 1.89. The molecule has 2 heterocycles. The maximum Gasteiger partial charge on any atom is 0.262 e. The third-order valence-electron chi connectivity index (χ3n) is 4.79. The van der Waals surface area contributed by atoms with Crippen molar-refractivity contribution in [3.63, 3.8) is 0 Å². The Morgan fingerprint density at radius 3 is 2.96 bits per heavy atom. The number of rotatable bonds is 4. The molecule has 0 bridgehead atoms. The van der Waals surface area contributed by atoms with Crippen LogP contribution in [0.2, 0.25) is 0 Å². The van der Waals surface area contributed by atoms with Crippen LogP contribution in [0.25, 0.3) is 10.2 Å². The first kappa shape index (κ1) is 16.7. The lowest BCUT2D eigenvalue weighted by molar-refractivity contribution is -0.123. The molecule has 0 unspecified atom stereocenters. The van der Waals surface area contributed by atoms with E-state index in [1.807, 2.05) is 13.8 Å². The zero-order chi connectivity index (χ0) is 17.5. The van der Waals surface area contributed by atoms with Crippen molar-refractivity contribution in [3.05, 3.63) is 27.1 Å². The molecule has 2 aromatic rings. The molecule has 2 aromatic heterocycles. The number of hydrogen-bond acceptors (Lipinski definition) is 5. The zero-order valence-electron chi connectivity index (χ0n) is 14.0. The van der Waals surface area contributed by atoms with Gasteiger partial charge in [0.2, 0.25) is 5.91 Å². The minimum Gasteiger partial charge on any atom is -0.336 e. The van der Waals surface area contributed by atoms with Gasteiger partial charge in [-0.2, -0.15) is 5.26 Å². The number of fused-ring (bicyclic) bond motifs is 3. The number of nitrogens with zero attached hydrogens (tertiary/aromatic N) is 3. The summed E-state index contributed by atoms with van der Waals surface area (Å²) in [6, 6.07) is 2.14. The van der Waals surface area contributed by atoms with Gasteiger partial charge in [-0.1, -0.05) is 13.8 Å². The van der Waals surface area contributed by atoms with Crippen LogP contribution in [0.1, 0.15) is 37.6 Å².